The van der Waals surface area contributed by atoms with Crippen molar-refractivity contribution >= 4 is 5.97 Å². The number of aromatic nitrogens is 2. The Kier molecular flexibility index (Phi) is 4.77. The molecule has 6 nitrogen and oxygen atoms in total. The van der Waals surface area contributed by atoms with Gasteiger partial charge in [-0.05, 0) is 25.8 Å². The Morgan fingerprint density at radius 2 is 2.35 bits per heavy atom. The number of aliphatic carboxylic acids is 1. The summed E-state index contributed by atoms with van der Waals surface area (Å²) in [5.74, 6) is -0.680. The third-order valence-electron chi connectivity index (χ3n) is 4.21. The van der Waals surface area contributed by atoms with Gasteiger partial charge in [0, 0.05) is 24.8 Å². The summed E-state index contributed by atoms with van der Waals surface area (Å²) < 4.78 is 1.71. The topological polar surface area (TPSA) is 78.6 Å². The van der Waals surface area contributed by atoms with Crippen LogP contribution in [0.3, 0.4) is 0 Å². The lowest BCUT2D eigenvalue weighted by Crippen LogP contribution is -2.47. The summed E-state index contributed by atoms with van der Waals surface area (Å²) in [4.78, 5) is 13.7. The molecule has 20 heavy (non-hydrogen) atoms. The highest BCUT2D eigenvalue weighted by atomic mass is 16.4. The predicted molar refractivity (Wildman–Crippen MR) is 74.2 cm³/mol. The highest BCUT2D eigenvalue weighted by Crippen LogP contribution is 2.34. The first-order chi connectivity index (χ1) is 9.59. The molecule has 112 valence electrons. The van der Waals surface area contributed by atoms with Crippen molar-refractivity contribution in [3.05, 3.63) is 18.0 Å². The van der Waals surface area contributed by atoms with E-state index >= 15 is 0 Å². The average Bonchev–Trinajstić information content (AvgIpc) is 2.86. The van der Waals surface area contributed by atoms with E-state index < -0.39 is 11.4 Å². The Morgan fingerprint density at radius 1 is 1.55 bits per heavy atom. The summed E-state index contributed by atoms with van der Waals surface area (Å²) in [6.45, 7) is 4.78. The number of rotatable bonds is 6. The number of nitrogens with zero attached hydrogens (tertiary/aromatic N) is 3. The largest absolute Gasteiger partial charge is 0.481 e. The van der Waals surface area contributed by atoms with E-state index in [1.165, 1.54) is 0 Å². The lowest BCUT2D eigenvalue weighted by molar-refractivity contribution is -0.153. The minimum absolute atomic E-state index is 0.0722. The molecule has 2 rings (SSSR count). The van der Waals surface area contributed by atoms with Gasteiger partial charge in [0.2, 0.25) is 0 Å². The van der Waals surface area contributed by atoms with Gasteiger partial charge in [0.05, 0.1) is 24.8 Å². The second-order valence-electron chi connectivity index (χ2n) is 5.59. The normalized spacial score (nSPS) is 23.9. The van der Waals surface area contributed by atoms with Crippen LogP contribution in [0.5, 0.6) is 0 Å². The van der Waals surface area contributed by atoms with Crippen molar-refractivity contribution in [1.29, 1.82) is 0 Å². The highest BCUT2D eigenvalue weighted by molar-refractivity contribution is 5.75. The Labute approximate surface area is 119 Å². The standard InChI is InChI=1S/C14H23N3O3/c1-2-14(13(19)20)4-3-5-16(11-14)9-12-8-15-17(10-12)6-7-18/h8,10,18H,2-7,9,11H2,1H3,(H,19,20). The van der Waals surface area contributed by atoms with Gasteiger partial charge in [-0.25, -0.2) is 0 Å². The number of aliphatic hydroxyl groups excluding tert-OH is 1. The molecule has 0 spiro atoms. The van der Waals surface area contributed by atoms with Crippen LogP contribution in [-0.4, -0.2) is 50.6 Å². The van der Waals surface area contributed by atoms with Gasteiger partial charge in [0.25, 0.3) is 0 Å². The molecule has 0 radical (unpaired) electrons. The van der Waals surface area contributed by atoms with Crippen LogP contribution in [0.15, 0.2) is 12.4 Å². The van der Waals surface area contributed by atoms with E-state index in [1.807, 2.05) is 13.1 Å². The molecule has 2 N–H and O–H groups in total. The molecule has 1 unspecified atom stereocenters. The molecule has 1 fully saturated rings. The summed E-state index contributed by atoms with van der Waals surface area (Å²) in [6.07, 6.45) is 6.06. The van der Waals surface area contributed by atoms with Crippen molar-refractivity contribution in [3.8, 4) is 0 Å². The van der Waals surface area contributed by atoms with Gasteiger partial charge in [-0.15, -0.1) is 0 Å². The van der Waals surface area contributed by atoms with Crippen LogP contribution in [0.25, 0.3) is 0 Å². The number of piperidine rings is 1. The number of hydrogen-bond donors (Lipinski definition) is 2. The summed E-state index contributed by atoms with van der Waals surface area (Å²) in [5.41, 5.74) is 0.468. The summed E-state index contributed by atoms with van der Waals surface area (Å²) >= 11 is 0. The lowest BCUT2D eigenvalue weighted by Gasteiger charge is -2.39. The minimum Gasteiger partial charge on any atom is -0.481 e. The molecule has 1 atom stereocenters. The molecule has 1 aliphatic heterocycles. The second-order valence-corrected chi connectivity index (χ2v) is 5.59. The van der Waals surface area contributed by atoms with E-state index in [0.29, 0.717) is 19.5 Å². The van der Waals surface area contributed by atoms with Gasteiger partial charge < -0.3 is 10.2 Å². The molecule has 0 saturated carbocycles. The van der Waals surface area contributed by atoms with Crippen molar-refractivity contribution in [1.82, 2.24) is 14.7 Å². The van der Waals surface area contributed by atoms with E-state index in [2.05, 4.69) is 10.00 Å². The number of hydrogen-bond acceptors (Lipinski definition) is 4. The van der Waals surface area contributed by atoms with Crippen molar-refractivity contribution in [3.63, 3.8) is 0 Å². The quantitative estimate of drug-likeness (QED) is 0.811. The van der Waals surface area contributed by atoms with Crippen molar-refractivity contribution in [2.24, 2.45) is 5.41 Å². The third kappa shape index (κ3) is 3.19. The Bertz CT molecular complexity index is 460. The molecule has 6 heteroatoms. The van der Waals surface area contributed by atoms with Crippen LogP contribution >= 0.6 is 0 Å². The third-order valence-corrected chi connectivity index (χ3v) is 4.21. The molecule has 0 aromatic carbocycles. The summed E-state index contributed by atoms with van der Waals surface area (Å²) in [6, 6.07) is 0. The number of likely N-dealkylation sites (tertiary alicyclic amines) is 1. The van der Waals surface area contributed by atoms with Crippen molar-refractivity contribution in [2.45, 2.75) is 39.3 Å². The number of carboxylic acid groups (broad SMARTS) is 1. The first-order valence-electron chi connectivity index (χ1n) is 7.17. The van der Waals surface area contributed by atoms with Crippen molar-refractivity contribution < 1.29 is 15.0 Å². The molecule has 1 aliphatic rings. The number of carboxylic acids is 1. The summed E-state index contributed by atoms with van der Waals surface area (Å²) in [7, 11) is 0. The molecule has 1 saturated heterocycles. The van der Waals surface area contributed by atoms with E-state index in [4.69, 9.17) is 5.11 Å². The average molecular weight is 281 g/mol. The molecule has 1 aromatic rings. The molecule has 2 heterocycles. The zero-order valence-corrected chi connectivity index (χ0v) is 12.0. The Hall–Kier alpha value is -1.40. The highest BCUT2D eigenvalue weighted by Gasteiger charge is 2.40. The SMILES string of the molecule is CCC1(C(=O)O)CCCN(Cc2cnn(CCO)c2)C1. The summed E-state index contributed by atoms with van der Waals surface area (Å²) in [5, 5.41) is 22.5. The van der Waals surface area contributed by atoms with Crippen LogP contribution in [0, 0.1) is 5.41 Å². The van der Waals surface area contributed by atoms with Gasteiger partial charge in [-0.3, -0.25) is 14.4 Å². The maximum Gasteiger partial charge on any atom is 0.310 e. The predicted octanol–water partition coefficient (Wildman–Crippen LogP) is 0.952. The van der Waals surface area contributed by atoms with Crippen LogP contribution in [-0.2, 0) is 17.9 Å². The Morgan fingerprint density at radius 3 is 3.00 bits per heavy atom. The number of carbonyl (C=O) groups is 1. The first kappa shape index (κ1) is 15.0. The monoisotopic (exact) mass is 281 g/mol. The lowest BCUT2D eigenvalue weighted by atomic mass is 9.77. The van der Waals surface area contributed by atoms with Gasteiger partial charge >= 0.3 is 5.97 Å². The van der Waals surface area contributed by atoms with Crippen LogP contribution in [0.1, 0.15) is 31.7 Å². The molecule has 0 bridgehead atoms. The molecule has 0 aliphatic carbocycles. The fourth-order valence-corrected chi connectivity index (χ4v) is 2.95. The van der Waals surface area contributed by atoms with Gasteiger partial charge in [-0.2, -0.15) is 5.10 Å². The van der Waals surface area contributed by atoms with E-state index in [9.17, 15) is 9.90 Å². The fourth-order valence-electron chi connectivity index (χ4n) is 2.95. The van der Waals surface area contributed by atoms with Gasteiger partial charge in [0.15, 0.2) is 0 Å². The van der Waals surface area contributed by atoms with Gasteiger partial charge in [0.1, 0.15) is 0 Å². The van der Waals surface area contributed by atoms with E-state index in [0.717, 1.165) is 31.5 Å². The molecular weight excluding hydrogens is 258 g/mol. The zero-order valence-electron chi connectivity index (χ0n) is 12.0. The van der Waals surface area contributed by atoms with Crippen LogP contribution in [0.4, 0.5) is 0 Å². The van der Waals surface area contributed by atoms with Crippen LogP contribution in [0.2, 0.25) is 0 Å². The maximum atomic E-state index is 11.5. The second kappa shape index (κ2) is 6.37. The van der Waals surface area contributed by atoms with E-state index in [1.54, 1.807) is 10.9 Å². The smallest absolute Gasteiger partial charge is 0.310 e. The molecule has 1 aromatic heterocycles. The fraction of sp³-hybridized carbons (Fsp3) is 0.714. The van der Waals surface area contributed by atoms with Crippen molar-refractivity contribution in [2.75, 3.05) is 19.7 Å². The van der Waals surface area contributed by atoms with Gasteiger partial charge in [-0.1, -0.05) is 6.92 Å². The molecule has 0 amide bonds. The first-order valence-corrected chi connectivity index (χ1v) is 7.17. The molecular formula is C14H23N3O3. The zero-order chi connectivity index (χ0) is 14.6. The van der Waals surface area contributed by atoms with E-state index in [-0.39, 0.29) is 6.61 Å². The minimum atomic E-state index is -0.680. The van der Waals surface area contributed by atoms with Crippen LogP contribution < -0.4 is 0 Å². The maximum absolute atomic E-state index is 11.5. The Balaban J connectivity index is 2.00. The number of aliphatic hydroxyl groups is 1.